The third-order valence-corrected chi connectivity index (χ3v) is 5.24. The molecule has 1 aliphatic heterocycles. The highest BCUT2D eigenvalue weighted by atomic mass is 35.5. The largest absolute Gasteiger partial charge is 0.372 e. The van der Waals surface area contributed by atoms with E-state index in [0.29, 0.717) is 17.7 Å². The van der Waals surface area contributed by atoms with Crippen molar-refractivity contribution >= 4 is 30.7 Å². The van der Waals surface area contributed by atoms with Crippen LogP contribution in [0, 0.1) is 0 Å². The number of aliphatic hydroxyl groups is 1. The SMILES string of the molecule is CN1CCN(CCCNC(=O)C(O)(c2ccccc2)c2ccccc2)CC1.Cl.Cl. The molecule has 29 heavy (non-hydrogen) atoms. The highest BCUT2D eigenvalue weighted by molar-refractivity contribution is 5.90. The Balaban J connectivity index is 0.00000210. The van der Waals surface area contributed by atoms with E-state index in [1.165, 1.54) is 0 Å². The Morgan fingerprint density at radius 1 is 0.931 bits per heavy atom. The molecule has 2 aromatic rings. The third kappa shape index (κ3) is 6.43. The maximum absolute atomic E-state index is 13.0. The van der Waals surface area contributed by atoms with Crippen LogP contribution in [-0.2, 0) is 10.4 Å². The van der Waals surface area contributed by atoms with E-state index >= 15 is 0 Å². The van der Waals surface area contributed by atoms with Crippen LogP contribution in [0.2, 0.25) is 0 Å². The van der Waals surface area contributed by atoms with Crippen molar-refractivity contribution in [1.82, 2.24) is 15.1 Å². The number of piperazine rings is 1. The number of carbonyl (C=O) groups is 1. The van der Waals surface area contributed by atoms with Gasteiger partial charge >= 0.3 is 0 Å². The quantitative estimate of drug-likeness (QED) is 0.650. The zero-order chi connectivity index (χ0) is 19.1. The lowest BCUT2D eigenvalue weighted by Crippen LogP contribution is -2.47. The van der Waals surface area contributed by atoms with Gasteiger partial charge in [0.1, 0.15) is 0 Å². The molecule has 0 saturated carbocycles. The highest BCUT2D eigenvalue weighted by Gasteiger charge is 2.39. The van der Waals surface area contributed by atoms with E-state index in [0.717, 1.165) is 39.1 Å². The van der Waals surface area contributed by atoms with Crippen LogP contribution in [0.3, 0.4) is 0 Å². The first kappa shape index (κ1) is 25.4. The van der Waals surface area contributed by atoms with Crippen LogP contribution in [0.5, 0.6) is 0 Å². The fraction of sp³-hybridized carbons (Fsp3) is 0.409. The third-order valence-electron chi connectivity index (χ3n) is 5.24. The molecule has 1 fully saturated rings. The maximum atomic E-state index is 13.0. The van der Waals surface area contributed by atoms with Gasteiger partial charge in [0.25, 0.3) is 5.91 Å². The molecule has 2 N–H and O–H groups in total. The average molecular weight is 440 g/mol. The van der Waals surface area contributed by atoms with Crippen LogP contribution in [0.1, 0.15) is 17.5 Å². The number of carbonyl (C=O) groups excluding carboxylic acids is 1. The van der Waals surface area contributed by atoms with Crippen molar-refractivity contribution in [1.29, 1.82) is 0 Å². The van der Waals surface area contributed by atoms with Gasteiger partial charge in [-0.2, -0.15) is 0 Å². The van der Waals surface area contributed by atoms with E-state index in [9.17, 15) is 9.90 Å². The summed E-state index contributed by atoms with van der Waals surface area (Å²) >= 11 is 0. The van der Waals surface area contributed by atoms with Gasteiger partial charge in [-0.25, -0.2) is 0 Å². The lowest BCUT2D eigenvalue weighted by atomic mass is 9.85. The molecule has 5 nitrogen and oxygen atoms in total. The average Bonchev–Trinajstić information content (AvgIpc) is 2.73. The summed E-state index contributed by atoms with van der Waals surface area (Å²) in [5.74, 6) is -0.377. The Labute approximate surface area is 185 Å². The second-order valence-corrected chi connectivity index (χ2v) is 7.20. The summed E-state index contributed by atoms with van der Waals surface area (Å²) in [7, 11) is 2.14. The number of rotatable bonds is 7. The zero-order valence-corrected chi connectivity index (χ0v) is 18.4. The van der Waals surface area contributed by atoms with Gasteiger partial charge in [-0.3, -0.25) is 4.79 Å². The Bertz CT molecular complexity index is 684. The second-order valence-electron chi connectivity index (χ2n) is 7.20. The number of nitrogens with zero attached hydrogens (tertiary/aromatic N) is 2. The molecule has 1 aliphatic rings. The molecule has 2 aromatic carbocycles. The van der Waals surface area contributed by atoms with E-state index in [-0.39, 0.29) is 30.7 Å². The molecule has 1 saturated heterocycles. The van der Waals surface area contributed by atoms with Crippen molar-refractivity contribution < 1.29 is 9.90 Å². The summed E-state index contributed by atoms with van der Waals surface area (Å²) in [5.41, 5.74) is -0.531. The van der Waals surface area contributed by atoms with E-state index in [4.69, 9.17) is 0 Å². The second kappa shape index (κ2) is 12.2. The molecule has 0 unspecified atom stereocenters. The fourth-order valence-electron chi connectivity index (χ4n) is 3.49. The predicted molar refractivity (Wildman–Crippen MR) is 122 cm³/mol. The number of nitrogens with one attached hydrogen (secondary N) is 1. The molecule has 0 aromatic heterocycles. The van der Waals surface area contributed by atoms with Crippen molar-refractivity contribution in [2.24, 2.45) is 0 Å². The number of amides is 1. The summed E-state index contributed by atoms with van der Waals surface area (Å²) < 4.78 is 0. The van der Waals surface area contributed by atoms with Crippen LogP contribution >= 0.6 is 24.8 Å². The monoisotopic (exact) mass is 439 g/mol. The molecular weight excluding hydrogens is 409 g/mol. The standard InChI is InChI=1S/C22H29N3O2.2ClH/c1-24-15-17-25(18-16-24)14-8-13-23-21(26)22(27,19-9-4-2-5-10-19)20-11-6-3-7-12-20;;/h2-7,9-12,27H,8,13-18H2,1H3,(H,23,26);2*1H. The first-order valence-corrected chi connectivity index (χ1v) is 9.63. The Morgan fingerprint density at radius 3 is 1.90 bits per heavy atom. The molecule has 0 radical (unpaired) electrons. The number of halogens is 2. The van der Waals surface area contributed by atoms with Crippen LogP contribution in [-0.4, -0.2) is 67.1 Å². The van der Waals surface area contributed by atoms with Crippen molar-refractivity contribution in [3.8, 4) is 0 Å². The summed E-state index contributed by atoms with van der Waals surface area (Å²) in [6, 6.07) is 18.3. The molecule has 1 heterocycles. The predicted octanol–water partition coefficient (Wildman–Crippen LogP) is 2.52. The normalized spacial score (nSPS) is 15.1. The molecule has 1 amide bonds. The van der Waals surface area contributed by atoms with Gasteiger partial charge in [-0.1, -0.05) is 60.7 Å². The van der Waals surface area contributed by atoms with Crippen LogP contribution in [0.25, 0.3) is 0 Å². The summed E-state index contributed by atoms with van der Waals surface area (Å²) in [6.07, 6.45) is 0.870. The molecule has 7 heteroatoms. The van der Waals surface area contributed by atoms with Crippen molar-refractivity contribution in [3.63, 3.8) is 0 Å². The van der Waals surface area contributed by atoms with Crippen molar-refractivity contribution in [2.75, 3.05) is 46.3 Å². The Hall–Kier alpha value is -1.63. The molecule has 0 aliphatic carbocycles. The highest BCUT2D eigenvalue weighted by Crippen LogP contribution is 2.29. The van der Waals surface area contributed by atoms with E-state index < -0.39 is 5.60 Å². The van der Waals surface area contributed by atoms with E-state index in [1.807, 2.05) is 36.4 Å². The topological polar surface area (TPSA) is 55.8 Å². The maximum Gasteiger partial charge on any atom is 0.261 e. The minimum absolute atomic E-state index is 0. The van der Waals surface area contributed by atoms with Crippen LogP contribution < -0.4 is 5.32 Å². The van der Waals surface area contributed by atoms with Gasteiger partial charge in [0.2, 0.25) is 0 Å². The van der Waals surface area contributed by atoms with Gasteiger partial charge in [0.15, 0.2) is 5.60 Å². The minimum atomic E-state index is -1.68. The molecule has 0 spiro atoms. The fourth-order valence-corrected chi connectivity index (χ4v) is 3.49. The lowest BCUT2D eigenvalue weighted by molar-refractivity contribution is -0.136. The summed E-state index contributed by atoms with van der Waals surface area (Å²) in [6.45, 7) is 5.84. The molecule has 0 bridgehead atoms. The summed E-state index contributed by atoms with van der Waals surface area (Å²) in [4.78, 5) is 17.7. The molecular formula is C22H31Cl2N3O2. The summed E-state index contributed by atoms with van der Waals surface area (Å²) in [5, 5.41) is 14.3. The number of benzene rings is 2. The first-order valence-electron chi connectivity index (χ1n) is 9.63. The van der Waals surface area contributed by atoms with Gasteiger partial charge in [-0.05, 0) is 31.1 Å². The molecule has 160 valence electrons. The number of hydrogen-bond donors (Lipinski definition) is 2. The smallest absolute Gasteiger partial charge is 0.261 e. The Morgan fingerprint density at radius 2 is 1.41 bits per heavy atom. The zero-order valence-electron chi connectivity index (χ0n) is 16.8. The number of likely N-dealkylation sites (N-methyl/N-ethyl adjacent to an activating group) is 1. The van der Waals surface area contributed by atoms with Crippen LogP contribution in [0.4, 0.5) is 0 Å². The first-order chi connectivity index (χ1) is 13.1. The minimum Gasteiger partial charge on any atom is -0.372 e. The van der Waals surface area contributed by atoms with Crippen molar-refractivity contribution in [3.05, 3.63) is 71.8 Å². The van der Waals surface area contributed by atoms with Gasteiger partial charge in [0, 0.05) is 32.7 Å². The van der Waals surface area contributed by atoms with Crippen molar-refractivity contribution in [2.45, 2.75) is 12.0 Å². The molecule has 3 rings (SSSR count). The van der Waals surface area contributed by atoms with E-state index in [1.54, 1.807) is 24.3 Å². The Kier molecular flexibility index (Phi) is 10.6. The molecule has 0 atom stereocenters. The lowest BCUT2D eigenvalue weighted by Gasteiger charge is -2.32. The van der Waals surface area contributed by atoms with Gasteiger partial charge < -0.3 is 20.2 Å². The van der Waals surface area contributed by atoms with Gasteiger partial charge in [-0.15, -0.1) is 24.8 Å². The number of hydrogen-bond acceptors (Lipinski definition) is 4. The van der Waals surface area contributed by atoms with E-state index in [2.05, 4.69) is 22.2 Å². The van der Waals surface area contributed by atoms with Crippen LogP contribution in [0.15, 0.2) is 60.7 Å². The van der Waals surface area contributed by atoms with Gasteiger partial charge in [0.05, 0.1) is 0 Å².